The molecular formula is C21H26N4O3. The van der Waals surface area contributed by atoms with Crippen LogP contribution in [0.4, 0.5) is 5.69 Å². The molecule has 148 valence electrons. The minimum Gasteiger partial charge on any atom is -0.378 e. The van der Waals surface area contributed by atoms with E-state index in [1.807, 2.05) is 30.3 Å². The zero-order valence-corrected chi connectivity index (χ0v) is 15.9. The van der Waals surface area contributed by atoms with Crippen LogP contribution >= 0.6 is 0 Å². The molecule has 3 N–H and O–H groups in total. The minimum absolute atomic E-state index is 0.207. The van der Waals surface area contributed by atoms with Crippen molar-refractivity contribution in [1.82, 2.24) is 10.2 Å². The number of carbonyl (C=O) groups is 2. The van der Waals surface area contributed by atoms with Crippen LogP contribution in [0, 0.1) is 0 Å². The Balaban J connectivity index is 1.65. The number of nitrogens with two attached hydrogens (primary N) is 1. The summed E-state index contributed by atoms with van der Waals surface area (Å²) in [6.45, 7) is 5.42. The van der Waals surface area contributed by atoms with E-state index in [1.54, 1.807) is 0 Å². The molecule has 0 saturated carbocycles. The van der Waals surface area contributed by atoms with Gasteiger partial charge in [-0.15, -0.1) is 0 Å². The van der Waals surface area contributed by atoms with E-state index in [9.17, 15) is 9.59 Å². The van der Waals surface area contributed by atoms with Gasteiger partial charge in [0, 0.05) is 60.3 Å². The predicted octanol–water partition coefficient (Wildman–Crippen LogP) is 1.21. The normalized spacial score (nSPS) is 16.9. The first-order chi connectivity index (χ1) is 13.7. The van der Waals surface area contributed by atoms with Crippen molar-refractivity contribution >= 4 is 28.3 Å². The van der Waals surface area contributed by atoms with Crippen LogP contribution in [-0.2, 0) is 4.74 Å². The van der Waals surface area contributed by atoms with Crippen LogP contribution < -0.4 is 16.0 Å². The Morgan fingerprint density at radius 2 is 1.75 bits per heavy atom. The van der Waals surface area contributed by atoms with Crippen LogP contribution in [0.2, 0.25) is 0 Å². The summed E-state index contributed by atoms with van der Waals surface area (Å²) in [5.74, 6) is -0.415. The molecule has 28 heavy (non-hydrogen) atoms. The average Bonchev–Trinajstić information content (AvgIpc) is 2.74. The minimum atomic E-state index is -0.207. The predicted molar refractivity (Wildman–Crippen MR) is 109 cm³/mol. The fourth-order valence-corrected chi connectivity index (χ4v) is 4.00. The molecule has 2 amide bonds. The summed E-state index contributed by atoms with van der Waals surface area (Å²) < 4.78 is 5.45. The molecule has 1 fully saturated rings. The highest BCUT2D eigenvalue weighted by Gasteiger charge is 2.33. The maximum absolute atomic E-state index is 13.1. The molecular weight excluding hydrogens is 356 g/mol. The summed E-state index contributed by atoms with van der Waals surface area (Å²) in [5, 5.41) is 4.93. The molecule has 2 heterocycles. The second-order valence-electron chi connectivity index (χ2n) is 7.11. The first-order valence-electron chi connectivity index (χ1n) is 9.88. The molecule has 2 aliphatic heterocycles. The second-order valence-corrected chi connectivity index (χ2v) is 7.11. The van der Waals surface area contributed by atoms with Gasteiger partial charge in [-0.1, -0.05) is 12.1 Å². The zero-order chi connectivity index (χ0) is 19.5. The number of rotatable bonds is 7. The lowest BCUT2D eigenvalue weighted by Crippen LogP contribution is -2.42. The molecule has 7 nitrogen and oxygen atoms in total. The molecule has 0 spiro atoms. The first kappa shape index (κ1) is 18.9. The Bertz CT molecular complexity index is 870. The standard InChI is InChI=1S/C21H26N4O3/c22-7-9-23-8-2-10-25-20(26)16-4-1-3-15-18(24-11-13-28-14-12-24)6-5-17(19(15)16)21(25)27/h1,3-6,23H,2,7-14,22H2. The van der Waals surface area contributed by atoms with Gasteiger partial charge in [0.2, 0.25) is 0 Å². The third kappa shape index (κ3) is 3.37. The van der Waals surface area contributed by atoms with Crippen molar-refractivity contribution in [1.29, 1.82) is 0 Å². The van der Waals surface area contributed by atoms with Gasteiger partial charge in [-0.2, -0.15) is 0 Å². The van der Waals surface area contributed by atoms with Gasteiger partial charge in [-0.05, 0) is 31.2 Å². The van der Waals surface area contributed by atoms with Gasteiger partial charge in [0.05, 0.1) is 13.2 Å². The van der Waals surface area contributed by atoms with Gasteiger partial charge in [-0.25, -0.2) is 0 Å². The number of nitrogens with one attached hydrogen (secondary N) is 1. The van der Waals surface area contributed by atoms with E-state index in [0.717, 1.165) is 42.6 Å². The molecule has 4 rings (SSSR count). The maximum Gasteiger partial charge on any atom is 0.261 e. The van der Waals surface area contributed by atoms with Crippen molar-refractivity contribution in [2.45, 2.75) is 6.42 Å². The van der Waals surface area contributed by atoms with Gasteiger partial charge in [-0.3, -0.25) is 14.5 Å². The molecule has 0 aromatic heterocycles. The highest BCUT2D eigenvalue weighted by Crippen LogP contribution is 2.36. The first-order valence-corrected chi connectivity index (χ1v) is 9.88. The van der Waals surface area contributed by atoms with E-state index in [4.69, 9.17) is 10.5 Å². The van der Waals surface area contributed by atoms with Crippen LogP contribution in [0.1, 0.15) is 27.1 Å². The van der Waals surface area contributed by atoms with Crippen molar-refractivity contribution in [3.63, 3.8) is 0 Å². The van der Waals surface area contributed by atoms with Crippen molar-refractivity contribution in [3.8, 4) is 0 Å². The molecule has 2 aromatic rings. The lowest BCUT2D eigenvalue weighted by molar-refractivity contribution is 0.0609. The Hall–Kier alpha value is -2.48. The number of imide groups is 1. The third-order valence-electron chi connectivity index (χ3n) is 5.38. The summed E-state index contributed by atoms with van der Waals surface area (Å²) in [7, 11) is 0. The van der Waals surface area contributed by atoms with E-state index >= 15 is 0 Å². The van der Waals surface area contributed by atoms with Gasteiger partial charge in [0.15, 0.2) is 0 Å². The fraction of sp³-hybridized carbons (Fsp3) is 0.429. The Kier molecular flexibility index (Phi) is 5.57. The van der Waals surface area contributed by atoms with Crippen LogP contribution in [0.15, 0.2) is 30.3 Å². The van der Waals surface area contributed by atoms with Crippen molar-refractivity contribution < 1.29 is 14.3 Å². The largest absolute Gasteiger partial charge is 0.378 e. The Morgan fingerprint density at radius 3 is 2.50 bits per heavy atom. The zero-order valence-electron chi connectivity index (χ0n) is 15.9. The van der Waals surface area contributed by atoms with E-state index in [0.29, 0.717) is 43.9 Å². The van der Waals surface area contributed by atoms with Crippen LogP contribution in [0.3, 0.4) is 0 Å². The van der Waals surface area contributed by atoms with Crippen LogP contribution in [0.5, 0.6) is 0 Å². The lowest BCUT2D eigenvalue weighted by atomic mass is 9.92. The smallest absolute Gasteiger partial charge is 0.261 e. The topological polar surface area (TPSA) is 87.9 Å². The van der Waals surface area contributed by atoms with E-state index in [-0.39, 0.29) is 11.8 Å². The summed E-state index contributed by atoms with van der Waals surface area (Å²) in [4.78, 5) is 29.7. The molecule has 0 aliphatic carbocycles. The molecule has 0 unspecified atom stereocenters. The number of morpholine rings is 1. The monoisotopic (exact) mass is 382 g/mol. The van der Waals surface area contributed by atoms with Crippen molar-refractivity contribution in [2.24, 2.45) is 5.73 Å². The third-order valence-corrected chi connectivity index (χ3v) is 5.38. The van der Waals surface area contributed by atoms with Crippen molar-refractivity contribution in [2.75, 3.05) is 57.4 Å². The second kappa shape index (κ2) is 8.26. The Morgan fingerprint density at radius 1 is 1.00 bits per heavy atom. The molecule has 2 aliphatic rings. The molecule has 0 atom stereocenters. The number of carbonyl (C=O) groups excluding carboxylic acids is 2. The Labute approximate surface area is 164 Å². The van der Waals surface area contributed by atoms with Crippen LogP contribution in [-0.4, -0.2) is 69.2 Å². The number of anilines is 1. The van der Waals surface area contributed by atoms with Gasteiger partial charge in [0.25, 0.3) is 11.8 Å². The SMILES string of the molecule is NCCNCCCN1C(=O)c2cccc3c(N4CCOCC4)ccc(c23)C1=O. The van der Waals surface area contributed by atoms with Gasteiger partial charge < -0.3 is 20.7 Å². The number of benzene rings is 2. The summed E-state index contributed by atoms with van der Waals surface area (Å²) >= 11 is 0. The molecule has 0 bridgehead atoms. The number of hydrogen-bond acceptors (Lipinski definition) is 6. The molecule has 1 saturated heterocycles. The van der Waals surface area contributed by atoms with Crippen molar-refractivity contribution in [3.05, 3.63) is 41.5 Å². The number of ether oxygens (including phenoxy) is 1. The fourth-order valence-electron chi connectivity index (χ4n) is 4.00. The molecule has 7 heteroatoms. The molecule has 2 aromatic carbocycles. The highest BCUT2D eigenvalue weighted by atomic mass is 16.5. The molecule has 0 radical (unpaired) electrons. The van der Waals surface area contributed by atoms with Gasteiger partial charge in [0.1, 0.15) is 0 Å². The number of nitrogens with zero attached hydrogens (tertiary/aromatic N) is 2. The summed E-state index contributed by atoms with van der Waals surface area (Å²) in [6.07, 6.45) is 0.703. The van der Waals surface area contributed by atoms with E-state index in [1.165, 1.54) is 4.90 Å². The van der Waals surface area contributed by atoms with E-state index in [2.05, 4.69) is 10.2 Å². The lowest BCUT2D eigenvalue weighted by Gasteiger charge is -2.32. The number of hydrogen-bond donors (Lipinski definition) is 2. The number of amides is 2. The summed E-state index contributed by atoms with van der Waals surface area (Å²) in [6, 6.07) is 9.59. The van der Waals surface area contributed by atoms with Gasteiger partial charge >= 0.3 is 0 Å². The van der Waals surface area contributed by atoms with E-state index < -0.39 is 0 Å². The quantitative estimate of drug-likeness (QED) is 0.553. The summed E-state index contributed by atoms with van der Waals surface area (Å²) in [5.41, 5.74) is 7.74. The van der Waals surface area contributed by atoms with Crippen LogP contribution in [0.25, 0.3) is 10.8 Å². The average molecular weight is 382 g/mol. The maximum atomic E-state index is 13.1. The highest BCUT2D eigenvalue weighted by molar-refractivity contribution is 6.26.